The molecule has 1 unspecified atom stereocenters. The molecule has 0 radical (unpaired) electrons. The standard InChI is InChI=1S/C13H18N2O2/c1-9-3-2-6-14-11(9)7-13(17)15-8-12(16)10-4-5-10/h2-3,6,10,12,16H,4-5,7-8H2,1H3,(H,15,17). The normalized spacial score (nSPS) is 16.6. The summed E-state index contributed by atoms with van der Waals surface area (Å²) in [5.74, 6) is 0.318. The van der Waals surface area contributed by atoms with Crippen molar-refractivity contribution in [1.29, 1.82) is 0 Å². The summed E-state index contributed by atoms with van der Waals surface area (Å²) in [6.45, 7) is 2.30. The Balaban J connectivity index is 1.78. The molecule has 0 aliphatic heterocycles. The number of rotatable bonds is 5. The molecule has 92 valence electrons. The van der Waals surface area contributed by atoms with E-state index < -0.39 is 0 Å². The van der Waals surface area contributed by atoms with E-state index in [0.29, 0.717) is 12.5 Å². The number of amides is 1. The molecule has 1 aliphatic carbocycles. The molecule has 1 heterocycles. The van der Waals surface area contributed by atoms with Crippen molar-refractivity contribution in [3.63, 3.8) is 0 Å². The summed E-state index contributed by atoms with van der Waals surface area (Å²) in [7, 11) is 0. The van der Waals surface area contributed by atoms with Crippen molar-refractivity contribution >= 4 is 5.91 Å². The molecule has 17 heavy (non-hydrogen) atoms. The molecule has 0 bridgehead atoms. The second kappa shape index (κ2) is 5.27. The monoisotopic (exact) mass is 234 g/mol. The minimum atomic E-state index is -0.385. The molecule has 1 fully saturated rings. The van der Waals surface area contributed by atoms with Gasteiger partial charge in [0.2, 0.25) is 5.91 Å². The fourth-order valence-electron chi connectivity index (χ4n) is 1.78. The Hall–Kier alpha value is -1.42. The van der Waals surface area contributed by atoms with E-state index in [1.165, 1.54) is 0 Å². The van der Waals surface area contributed by atoms with Gasteiger partial charge in [0.15, 0.2) is 0 Å². The van der Waals surface area contributed by atoms with Gasteiger partial charge in [-0.2, -0.15) is 0 Å². The number of aryl methyl sites for hydroxylation is 1. The van der Waals surface area contributed by atoms with Crippen molar-refractivity contribution in [2.24, 2.45) is 5.92 Å². The lowest BCUT2D eigenvalue weighted by atomic mass is 10.1. The van der Waals surface area contributed by atoms with Gasteiger partial charge >= 0.3 is 0 Å². The smallest absolute Gasteiger partial charge is 0.226 e. The fraction of sp³-hybridized carbons (Fsp3) is 0.538. The molecule has 2 rings (SSSR count). The second-order valence-electron chi connectivity index (χ2n) is 4.65. The van der Waals surface area contributed by atoms with Gasteiger partial charge in [-0.15, -0.1) is 0 Å². The van der Waals surface area contributed by atoms with Crippen molar-refractivity contribution < 1.29 is 9.90 Å². The molecule has 4 heteroatoms. The molecule has 0 aromatic carbocycles. The molecule has 1 aromatic heterocycles. The van der Waals surface area contributed by atoms with Gasteiger partial charge in [-0.25, -0.2) is 0 Å². The number of pyridine rings is 1. The van der Waals surface area contributed by atoms with Gasteiger partial charge in [-0.3, -0.25) is 9.78 Å². The molecule has 1 saturated carbocycles. The Morgan fingerprint density at radius 3 is 3.06 bits per heavy atom. The van der Waals surface area contributed by atoms with E-state index >= 15 is 0 Å². The average molecular weight is 234 g/mol. The second-order valence-corrected chi connectivity index (χ2v) is 4.65. The molecule has 0 spiro atoms. The Kier molecular flexibility index (Phi) is 3.74. The largest absolute Gasteiger partial charge is 0.391 e. The lowest BCUT2D eigenvalue weighted by Crippen LogP contribution is -2.34. The predicted molar refractivity (Wildman–Crippen MR) is 64.4 cm³/mol. The highest BCUT2D eigenvalue weighted by Crippen LogP contribution is 2.32. The van der Waals surface area contributed by atoms with Crippen LogP contribution in [-0.2, 0) is 11.2 Å². The zero-order valence-corrected chi connectivity index (χ0v) is 10.0. The molecular weight excluding hydrogens is 216 g/mol. The SMILES string of the molecule is Cc1cccnc1CC(=O)NCC(O)C1CC1. The van der Waals surface area contributed by atoms with Crippen LogP contribution in [0.25, 0.3) is 0 Å². The van der Waals surface area contributed by atoms with E-state index in [1.807, 2.05) is 19.1 Å². The first-order chi connectivity index (χ1) is 8.16. The molecule has 0 saturated heterocycles. The highest BCUT2D eigenvalue weighted by molar-refractivity contribution is 5.78. The van der Waals surface area contributed by atoms with Crippen molar-refractivity contribution in [3.05, 3.63) is 29.6 Å². The zero-order valence-electron chi connectivity index (χ0n) is 10.0. The topological polar surface area (TPSA) is 62.2 Å². The van der Waals surface area contributed by atoms with Crippen LogP contribution in [0.15, 0.2) is 18.3 Å². The minimum absolute atomic E-state index is 0.0773. The minimum Gasteiger partial charge on any atom is -0.391 e. The fourth-order valence-corrected chi connectivity index (χ4v) is 1.78. The number of aliphatic hydroxyl groups is 1. The molecule has 2 N–H and O–H groups in total. The maximum absolute atomic E-state index is 11.6. The Bertz CT molecular complexity index is 402. The van der Waals surface area contributed by atoms with Gasteiger partial charge in [0.05, 0.1) is 18.2 Å². The van der Waals surface area contributed by atoms with Crippen molar-refractivity contribution in [3.8, 4) is 0 Å². The molecule has 1 aromatic rings. The van der Waals surface area contributed by atoms with E-state index in [-0.39, 0.29) is 18.4 Å². The van der Waals surface area contributed by atoms with Gasteiger partial charge < -0.3 is 10.4 Å². The molecule has 4 nitrogen and oxygen atoms in total. The van der Waals surface area contributed by atoms with Crippen LogP contribution in [-0.4, -0.2) is 28.6 Å². The lowest BCUT2D eigenvalue weighted by molar-refractivity contribution is -0.121. The summed E-state index contributed by atoms with van der Waals surface area (Å²) in [5.41, 5.74) is 1.82. The summed E-state index contributed by atoms with van der Waals surface area (Å²) < 4.78 is 0. The van der Waals surface area contributed by atoms with Crippen LogP contribution in [0, 0.1) is 12.8 Å². The van der Waals surface area contributed by atoms with Crippen molar-refractivity contribution in [2.75, 3.05) is 6.54 Å². The van der Waals surface area contributed by atoms with Crippen LogP contribution in [0.4, 0.5) is 0 Å². The summed E-state index contributed by atoms with van der Waals surface area (Å²) >= 11 is 0. The summed E-state index contributed by atoms with van der Waals surface area (Å²) in [4.78, 5) is 15.8. The predicted octanol–water partition coefficient (Wildman–Crippen LogP) is 0.820. The van der Waals surface area contributed by atoms with E-state index in [1.54, 1.807) is 6.20 Å². The van der Waals surface area contributed by atoms with Gasteiger partial charge in [-0.05, 0) is 37.3 Å². The summed E-state index contributed by atoms with van der Waals surface area (Å²) in [6.07, 6.45) is 3.75. The number of nitrogens with one attached hydrogen (secondary N) is 1. The van der Waals surface area contributed by atoms with E-state index in [0.717, 1.165) is 24.1 Å². The van der Waals surface area contributed by atoms with Crippen LogP contribution < -0.4 is 5.32 Å². The van der Waals surface area contributed by atoms with E-state index in [2.05, 4.69) is 10.3 Å². The number of nitrogens with zero attached hydrogens (tertiary/aromatic N) is 1. The lowest BCUT2D eigenvalue weighted by Gasteiger charge is -2.10. The highest BCUT2D eigenvalue weighted by atomic mass is 16.3. The van der Waals surface area contributed by atoms with Crippen LogP contribution in [0.2, 0.25) is 0 Å². The third-order valence-corrected chi connectivity index (χ3v) is 3.12. The quantitative estimate of drug-likeness (QED) is 0.793. The van der Waals surface area contributed by atoms with Gasteiger partial charge in [-0.1, -0.05) is 6.07 Å². The number of hydrogen-bond acceptors (Lipinski definition) is 3. The third-order valence-electron chi connectivity index (χ3n) is 3.12. The first-order valence-electron chi connectivity index (χ1n) is 6.02. The van der Waals surface area contributed by atoms with E-state index in [4.69, 9.17) is 0 Å². The van der Waals surface area contributed by atoms with Crippen LogP contribution >= 0.6 is 0 Å². The van der Waals surface area contributed by atoms with Gasteiger partial charge in [0.25, 0.3) is 0 Å². The Labute approximate surface area is 101 Å². The number of aromatic nitrogens is 1. The first kappa shape index (κ1) is 12.0. The molecular formula is C13H18N2O2. The Morgan fingerprint density at radius 1 is 1.65 bits per heavy atom. The van der Waals surface area contributed by atoms with Gasteiger partial charge in [0, 0.05) is 12.7 Å². The molecule has 1 amide bonds. The van der Waals surface area contributed by atoms with Crippen LogP contribution in [0.3, 0.4) is 0 Å². The average Bonchev–Trinajstić information content (AvgIpc) is 3.13. The Morgan fingerprint density at radius 2 is 2.41 bits per heavy atom. The van der Waals surface area contributed by atoms with Crippen molar-refractivity contribution in [2.45, 2.75) is 32.3 Å². The van der Waals surface area contributed by atoms with Gasteiger partial charge in [0.1, 0.15) is 0 Å². The van der Waals surface area contributed by atoms with Crippen LogP contribution in [0.1, 0.15) is 24.1 Å². The maximum atomic E-state index is 11.6. The van der Waals surface area contributed by atoms with E-state index in [9.17, 15) is 9.90 Å². The van der Waals surface area contributed by atoms with Crippen molar-refractivity contribution in [1.82, 2.24) is 10.3 Å². The molecule has 1 aliphatic rings. The maximum Gasteiger partial charge on any atom is 0.226 e. The number of carbonyl (C=O) groups excluding carboxylic acids is 1. The number of carbonyl (C=O) groups is 1. The first-order valence-corrected chi connectivity index (χ1v) is 6.02. The summed E-state index contributed by atoms with van der Waals surface area (Å²) in [5, 5.41) is 12.4. The van der Waals surface area contributed by atoms with Crippen LogP contribution in [0.5, 0.6) is 0 Å². The third kappa shape index (κ3) is 3.53. The molecule has 1 atom stereocenters. The number of hydrogen-bond donors (Lipinski definition) is 2. The highest BCUT2D eigenvalue weighted by Gasteiger charge is 2.29. The number of aliphatic hydroxyl groups excluding tert-OH is 1. The zero-order chi connectivity index (χ0) is 12.3. The summed E-state index contributed by atoms with van der Waals surface area (Å²) in [6, 6.07) is 3.79.